The van der Waals surface area contributed by atoms with E-state index in [1.807, 2.05) is 18.2 Å². The summed E-state index contributed by atoms with van der Waals surface area (Å²) in [4.78, 5) is 2.29. The van der Waals surface area contributed by atoms with Gasteiger partial charge >= 0.3 is 0 Å². The van der Waals surface area contributed by atoms with E-state index < -0.39 is 11.3 Å². The van der Waals surface area contributed by atoms with Crippen molar-refractivity contribution in [3.63, 3.8) is 0 Å². The summed E-state index contributed by atoms with van der Waals surface area (Å²) in [7, 11) is 2.06. The summed E-state index contributed by atoms with van der Waals surface area (Å²) in [6.07, 6.45) is 4.03. The molecule has 2 bridgehead atoms. The fourth-order valence-electron chi connectivity index (χ4n) is 5.16. The Bertz CT molecular complexity index is 989. The first-order valence-corrected chi connectivity index (χ1v) is 9.29. The summed E-state index contributed by atoms with van der Waals surface area (Å²) in [5.41, 5.74) is 6.64. The molecule has 1 saturated heterocycles. The van der Waals surface area contributed by atoms with Crippen molar-refractivity contribution in [3.8, 4) is 18.2 Å². The number of rotatable bonds is 1. The molecule has 134 valence electrons. The number of nitrogens with two attached hydrogens (primary N) is 1. The van der Waals surface area contributed by atoms with Gasteiger partial charge < -0.3 is 5.73 Å². The maximum absolute atomic E-state index is 10.1. The molecule has 0 unspecified atom stereocenters. The second-order valence-electron chi connectivity index (χ2n) is 7.46. The number of hydrogen-bond donors (Lipinski definition) is 1. The van der Waals surface area contributed by atoms with E-state index >= 15 is 0 Å². The van der Waals surface area contributed by atoms with E-state index in [-0.39, 0.29) is 29.3 Å². The Kier molecular flexibility index (Phi) is 4.01. The summed E-state index contributed by atoms with van der Waals surface area (Å²) >= 11 is 6.51. The van der Waals surface area contributed by atoms with E-state index in [1.165, 1.54) is 0 Å². The van der Waals surface area contributed by atoms with E-state index in [0.29, 0.717) is 5.02 Å². The third-order valence-electron chi connectivity index (χ3n) is 6.46. The molecule has 0 radical (unpaired) electrons. The molecule has 2 aliphatic heterocycles. The lowest BCUT2D eigenvalue weighted by Gasteiger charge is -2.48. The van der Waals surface area contributed by atoms with Crippen molar-refractivity contribution >= 4 is 11.6 Å². The molecular formula is C21H18ClN5. The number of hydrogen-bond acceptors (Lipinski definition) is 5. The minimum absolute atomic E-state index is 0.0476. The molecule has 0 aromatic heterocycles. The molecule has 0 amide bonds. The average molecular weight is 376 g/mol. The van der Waals surface area contributed by atoms with E-state index in [0.717, 1.165) is 24.0 Å². The number of allylic oxidation sites excluding steroid dienone is 2. The van der Waals surface area contributed by atoms with Gasteiger partial charge in [0.2, 0.25) is 0 Å². The highest BCUT2D eigenvalue weighted by Gasteiger charge is 2.58. The van der Waals surface area contributed by atoms with Crippen LogP contribution in [-0.4, -0.2) is 24.0 Å². The molecule has 5 nitrogen and oxygen atoms in total. The van der Waals surface area contributed by atoms with Gasteiger partial charge in [-0.1, -0.05) is 35.9 Å². The summed E-state index contributed by atoms with van der Waals surface area (Å²) in [6, 6.07) is 14.2. The van der Waals surface area contributed by atoms with Crippen molar-refractivity contribution in [1.82, 2.24) is 4.90 Å². The normalized spacial score (nSPS) is 31.3. The van der Waals surface area contributed by atoms with Crippen LogP contribution in [0.15, 0.2) is 47.2 Å². The van der Waals surface area contributed by atoms with Crippen LogP contribution in [0.2, 0.25) is 5.02 Å². The molecule has 6 heteroatoms. The predicted molar refractivity (Wildman–Crippen MR) is 101 cm³/mol. The zero-order chi connectivity index (χ0) is 19.3. The monoisotopic (exact) mass is 375 g/mol. The Morgan fingerprint density at radius 1 is 1.19 bits per heavy atom. The largest absolute Gasteiger partial charge is 0.399 e. The van der Waals surface area contributed by atoms with Crippen LogP contribution in [0.4, 0.5) is 0 Å². The van der Waals surface area contributed by atoms with E-state index in [2.05, 4.69) is 36.2 Å². The van der Waals surface area contributed by atoms with Crippen LogP contribution in [0, 0.1) is 45.3 Å². The van der Waals surface area contributed by atoms with Gasteiger partial charge in [0.1, 0.15) is 6.07 Å². The van der Waals surface area contributed by atoms with Gasteiger partial charge in [-0.25, -0.2) is 0 Å². The summed E-state index contributed by atoms with van der Waals surface area (Å²) in [6.45, 7) is 0. The van der Waals surface area contributed by atoms with Crippen molar-refractivity contribution in [2.75, 3.05) is 7.05 Å². The Morgan fingerprint density at radius 2 is 1.89 bits per heavy atom. The van der Waals surface area contributed by atoms with Crippen LogP contribution >= 0.6 is 11.6 Å². The zero-order valence-electron chi connectivity index (χ0n) is 14.9. The lowest BCUT2D eigenvalue weighted by molar-refractivity contribution is 0.160. The van der Waals surface area contributed by atoms with Gasteiger partial charge in [0.05, 0.1) is 23.4 Å². The van der Waals surface area contributed by atoms with Crippen LogP contribution in [0.3, 0.4) is 0 Å². The summed E-state index contributed by atoms with van der Waals surface area (Å²) < 4.78 is 0. The van der Waals surface area contributed by atoms with Crippen molar-refractivity contribution in [1.29, 1.82) is 15.8 Å². The first-order chi connectivity index (χ1) is 13.0. The average Bonchev–Trinajstić information content (AvgIpc) is 2.91. The Morgan fingerprint density at radius 3 is 2.52 bits per heavy atom. The second kappa shape index (κ2) is 6.14. The lowest BCUT2D eigenvalue weighted by atomic mass is 9.56. The lowest BCUT2D eigenvalue weighted by Crippen LogP contribution is -2.51. The quantitative estimate of drug-likeness (QED) is 0.812. The first kappa shape index (κ1) is 17.6. The predicted octanol–water partition coefficient (Wildman–Crippen LogP) is 3.23. The van der Waals surface area contributed by atoms with Crippen molar-refractivity contribution in [2.24, 2.45) is 17.1 Å². The van der Waals surface area contributed by atoms with Crippen LogP contribution in [0.1, 0.15) is 24.3 Å². The van der Waals surface area contributed by atoms with Gasteiger partial charge in [-0.15, -0.1) is 0 Å². The van der Waals surface area contributed by atoms with Crippen molar-refractivity contribution in [3.05, 3.63) is 57.8 Å². The standard InChI is InChI=1S/C21H18ClN5/c1-27-12-6-7-17(27)18-14(8-12)15(9-23)20(26)21(10-24,11-25)19(18)13-4-2-3-5-16(13)22/h2-5,8,12,17-19H,6-7,26H2,1H3/t12-,17-,18+,19-/m1/s1. The number of nitrogens with zero attached hydrogens (tertiary/aromatic N) is 4. The van der Waals surface area contributed by atoms with Gasteiger partial charge in [0, 0.05) is 28.9 Å². The second-order valence-corrected chi connectivity index (χ2v) is 7.86. The molecule has 0 saturated carbocycles. The maximum Gasteiger partial charge on any atom is 0.191 e. The third-order valence-corrected chi connectivity index (χ3v) is 6.81. The molecule has 4 atom stereocenters. The topological polar surface area (TPSA) is 101 Å². The number of halogens is 1. The van der Waals surface area contributed by atoms with E-state index in [9.17, 15) is 15.8 Å². The van der Waals surface area contributed by atoms with Crippen LogP contribution in [0.25, 0.3) is 0 Å². The third kappa shape index (κ3) is 2.18. The summed E-state index contributed by atoms with van der Waals surface area (Å²) in [5.74, 6) is -0.717. The molecule has 27 heavy (non-hydrogen) atoms. The van der Waals surface area contributed by atoms with E-state index in [1.54, 1.807) is 6.07 Å². The number of nitriles is 3. The highest BCUT2D eigenvalue weighted by Crippen LogP contribution is 2.58. The number of fused-ring (bicyclic) bond motifs is 4. The Balaban J connectivity index is 2.08. The van der Waals surface area contributed by atoms with E-state index in [4.69, 9.17) is 17.3 Å². The molecule has 2 N–H and O–H groups in total. The zero-order valence-corrected chi connectivity index (χ0v) is 15.6. The minimum atomic E-state index is -1.63. The van der Waals surface area contributed by atoms with Gasteiger partial charge in [0.25, 0.3) is 0 Å². The number of benzene rings is 1. The Hall–Kier alpha value is -2.78. The van der Waals surface area contributed by atoms with Crippen molar-refractivity contribution in [2.45, 2.75) is 30.8 Å². The van der Waals surface area contributed by atoms with Gasteiger partial charge in [0.15, 0.2) is 5.41 Å². The molecule has 2 heterocycles. The fourth-order valence-corrected chi connectivity index (χ4v) is 5.41. The fraction of sp³-hybridized carbons (Fsp3) is 0.381. The number of likely N-dealkylation sites (N-methyl/N-ethyl adjacent to an activating group) is 1. The smallest absolute Gasteiger partial charge is 0.191 e. The molecule has 1 fully saturated rings. The first-order valence-electron chi connectivity index (χ1n) is 8.91. The van der Waals surface area contributed by atoms with Crippen LogP contribution in [-0.2, 0) is 0 Å². The van der Waals surface area contributed by atoms with Gasteiger partial charge in [-0.3, -0.25) is 4.90 Å². The van der Waals surface area contributed by atoms with Crippen molar-refractivity contribution < 1.29 is 0 Å². The highest BCUT2D eigenvalue weighted by molar-refractivity contribution is 6.31. The SMILES string of the molecule is CN1[C@@H]2CC[C@@H]1C=C1C(C#N)=C(N)C(C#N)(C#N)[C@H](c3ccccc3Cl)[C@@H]12. The molecule has 1 aromatic carbocycles. The molecular weight excluding hydrogens is 358 g/mol. The van der Waals surface area contributed by atoms with Crippen LogP contribution in [0.5, 0.6) is 0 Å². The molecule has 3 aliphatic rings. The van der Waals surface area contributed by atoms with Gasteiger partial charge in [-0.2, -0.15) is 15.8 Å². The Labute approximate surface area is 163 Å². The maximum atomic E-state index is 10.1. The van der Waals surface area contributed by atoms with Crippen LogP contribution < -0.4 is 5.73 Å². The summed E-state index contributed by atoms with van der Waals surface area (Å²) in [5, 5.41) is 30.5. The minimum Gasteiger partial charge on any atom is -0.399 e. The molecule has 1 aromatic rings. The molecule has 4 rings (SSSR count). The van der Waals surface area contributed by atoms with Gasteiger partial charge in [-0.05, 0) is 37.1 Å². The molecule has 0 spiro atoms. The molecule has 1 aliphatic carbocycles. The highest BCUT2D eigenvalue weighted by atomic mass is 35.5.